The van der Waals surface area contributed by atoms with Gasteiger partial charge < -0.3 is 10.1 Å². The van der Waals surface area contributed by atoms with Gasteiger partial charge in [0, 0.05) is 25.9 Å². The molecule has 6 nitrogen and oxygen atoms in total. The summed E-state index contributed by atoms with van der Waals surface area (Å²) in [6.07, 6.45) is 1.64. The summed E-state index contributed by atoms with van der Waals surface area (Å²) in [6.45, 7) is 6.84. The van der Waals surface area contributed by atoms with Crippen LogP contribution in [0.1, 0.15) is 32.8 Å². The first-order chi connectivity index (χ1) is 11.0. The van der Waals surface area contributed by atoms with E-state index in [9.17, 15) is 13.2 Å². The van der Waals surface area contributed by atoms with E-state index in [0.29, 0.717) is 18.7 Å². The summed E-state index contributed by atoms with van der Waals surface area (Å²) in [7, 11) is -1.89. The summed E-state index contributed by atoms with van der Waals surface area (Å²) in [4.78, 5) is 12.1. The Bertz CT molecular complexity index is 634. The van der Waals surface area contributed by atoms with Gasteiger partial charge in [-0.1, -0.05) is 32.9 Å². The molecule has 0 heterocycles. The third-order valence-corrected chi connectivity index (χ3v) is 4.83. The second kappa shape index (κ2) is 8.60. The van der Waals surface area contributed by atoms with Crippen molar-refractivity contribution in [2.24, 2.45) is 0 Å². The summed E-state index contributed by atoms with van der Waals surface area (Å²) >= 11 is 0. The van der Waals surface area contributed by atoms with Crippen molar-refractivity contribution in [2.75, 3.05) is 38.4 Å². The number of benzene rings is 1. The molecule has 0 fully saturated rings. The molecule has 1 aromatic carbocycles. The van der Waals surface area contributed by atoms with E-state index in [1.54, 1.807) is 7.11 Å². The zero-order valence-electron chi connectivity index (χ0n) is 15.1. The van der Waals surface area contributed by atoms with Gasteiger partial charge in [-0.2, -0.15) is 4.31 Å². The van der Waals surface area contributed by atoms with Crippen molar-refractivity contribution in [3.8, 4) is 0 Å². The first-order valence-electron chi connectivity index (χ1n) is 7.88. The topological polar surface area (TPSA) is 75.7 Å². The van der Waals surface area contributed by atoms with Crippen molar-refractivity contribution in [3.05, 3.63) is 29.8 Å². The molecule has 0 bridgehead atoms. The van der Waals surface area contributed by atoms with Crippen LogP contribution in [0.5, 0.6) is 0 Å². The van der Waals surface area contributed by atoms with Gasteiger partial charge >= 0.3 is 0 Å². The van der Waals surface area contributed by atoms with Gasteiger partial charge in [-0.15, -0.1) is 0 Å². The standard InChI is InChI=1S/C17H28N2O4S/c1-17(2,3)14-7-9-15(10-8-14)18-16(20)13-19(24(5,21)22)11-6-12-23-4/h7-10H,6,11-13H2,1-5H3,(H,18,20). The molecule has 136 valence electrons. The molecule has 0 saturated heterocycles. The molecule has 0 saturated carbocycles. The summed E-state index contributed by atoms with van der Waals surface area (Å²) in [5, 5.41) is 2.74. The molecule has 0 aliphatic heterocycles. The third-order valence-electron chi connectivity index (χ3n) is 3.58. The minimum absolute atomic E-state index is 0.0387. The number of carbonyl (C=O) groups excluding carboxylic acids is 1. The lowest BCUT2D eigenvalue weighted by molar-refractivity contribution is -0.116. The number of nitrogens with zero attached hydrogens (tertiary/aromatic N) is 1. The van der Waals surface area contributed by atoms with Gasteiger partial charge in [-0.3, -0.25) is 4.79 Å². The van der Waals surface area contributed by atoms with E-state index in [2.05, 4.69) is 26.1 Å². The average Bonchev–Trinajstić information content (AvgIpc) is 2.45. The van der Waals surface area contributed by atoms with Crippen LogP contribution in [0.15, 0.2) is 24.3 Å². The Balaban J connectivity index is 2.68. The molecule has 0 aliphatic rings. The lowest BCUT2D eigenvalue weighted by Gasteiger charge is -2.20. The molecule has 0 radical (unpaired) electrons. The highest BCUT2D eigenvalue weighted by Crippen LogP contribution is 2.23. The number of carbonyl (C=O) groups is 1. The van der Waals surface area contributed by atoms with Crippen LogP contribution in [0.3, 0.4) is 0 Å². The maximum Gasteiger partial charge on any atom is 0.239 e. The number of hydrogen-bond donors (Lipinski definition) is 1. The SMILES string of the molecule is COCCCN(CC(=O)Nc1ccc(C(C)(C)C)cc1)S(C)(=O)=O. The Morgan fingerprint density at radius 1 is 1.21 bits per heavy atom. The highest BCUT2D eigenvalue weighted by molar-refractivity contribution is 7.88. The van der Waals surface area contributed by atoms with E-state index in [1.165, 1.54) is 0 Å². The van der Waals surface area contributed by atoms with Crippen molar-refractivity contribution >= 4 is 21.6 Å². The van der Waals surface area contributed by atoms with Crippen LogP contribution in [0.25, 0.3) is 0 Å². The van der Waals surface area contributed by atoms with Gasteiger partial charge in [0.1, 0.15) is 0 Å². The highest BCUT2D eigenvalue weighted by atomic mass is 32.2. The molecule has 0 aromatic heterocycles. The Morgan fingerprint density at radius 3 is 2.25 bits per heavy atom. The molecular formula is C17H28N2O4S. The number of anilines is 1. The van der Waals surface area contributed by atoms with Crippen molar-refractivity contribution in [3.63, 3.8) is 0 Å². The summed E-state index contributed by atoms with van der Waals surface area (Å²) in [6, 6.07) is 7.58. The van der Waals surface area contributed by atoms with Crippen LogP contribution in [0, 0.1) is 0 Å². The van der Waals surface area contributed by atoms with Gasteiger partial charge in [-0.05, 0) is 29.5 Å². The van der Waals surface area contributed by atoms with Crippen LogP contribution in [-0.4, -0.2) is 51.7 Å². The highest BCUT2D eigenvalue weighted by Gasteiger charge is 2.20. The molecule has 0 atom stereocenters. The smallest absolute Gasteiger partial charge is 0.239 e. The van der Waals surface area contributed by atoms with E-state index in [-0.39, 0.29) is 24.4 Å². The molecule has 7 heteroatoms. The number of sulfonamides is 1. The van der Waals surface area contributed by atoms with E-state index in [4.69, 9.17) is 4.74 Å². The van der Waals surface area contributed by atoms with E-state index in [0.717, 1.165) is 16.1 Å². The number of amides is 1. The largest absolute Gasteiger partial charge is 0.385 e. The summed E-state index contributed by atoms with van der Waals surface area (Å²) < 4.78 is 29.6. The predicted octanol–water partition coefficient (Wildman–Crippen LogP) is 2.22. The molecule has 0 spiro atoms. The van der Waals surface area contributed by atoms with Crippen molar-refractivity contribution in [1.82, 2.24) is 4.31 Å². The lowest BCUT2D eigenvalue weighted by atomic mass is 9.87. The third kappa shape index (κ3) is 6.98. The molecule has 1 N–H and O–H groups in total. The second-order valence-electron chi connectivity index (χ2n) is 6.82. The monoisotopic (exact) mass is 356 g/mol. The molecular weight excluding hydrogens is 328 g/mol. The fraction of sp³-hybridized carbons (Fsp3) is 0.588. The normalized spacial score (nSPS) is 12.4. The number of methoxy groups -OCH3 is 1. The molecule has 1 amide bonds. The summed E-state index contributed by atoms with van der Waals surface area (Å²) in [5.74, 6) is -0.360. The van der Waals surface area contributed by atoms with Crippen molar-refractivity contribution in [2.45, 2.75) is 32.6 Å². The lowest BCUT2D eigenvalue weighted by Crippen LogP contribution is -2.38. The zero-order chi connectivity index (χ0) is 18.4. The fourth-order valence-corrected chi connectivity index (χ4v) is 2.97. The Kier molecular flexibility index (Phi) is 7.38. The number of nitrogens with one attached hydrogen (secondary N) is 1. The van der Waals surface area contributed by atoms with Crippen LogP contribution in [0.2, 0.25) is 0 Å². The van der Waals surface area contributed by atoms with Gasteiger partial charge in [0.25, 0.3) is 0 Å². The van der Waals surface area contributed by atoms with Crippen molar-refractivity contribution in [1.29, 1.82) is 0 Å². The van der Waals surface area contributed by atoms with Gasteiger partial charge in [0.2, 0.25) is 15.9 Å². The Labute approximate surface area is 145 Å². The Hall–Kier alpha value is -1.44. The number of ether oxygens (including phenoxy) is 1. The van der Waals surface area contributed by atoms with Gasteiger partial charge in [-0.25, -0.2) is 8.42 Å². The van der Waals surface area contributed by atoms with Crippen LogP contribution >= 0.6 is 0 Å². The van der Waals surface area contributed by atoms with E-state index >= 15 is 0 Å². The zero-order valence-corrected chi connectivity index (χ0v) is 15.9. The minimum Gasteiger partial charge on any atom is -0.385 e. The summed E-state index contributed by atoms with van der Waals surface area (Å²) in [5.41, 5.74) is 1.85. The first kappa shape index (κ1) is 20.6. The maximum atomic E-state index is 12.1. The van der Waals surface area contributed by atoms with Crippen LogP contribution in [0.4, 0.5) is 5.69 Å². The van der Waals surface area contributed by atoms with Gasteiger partial charge in [0.05, 0.1) is 12.8 Å². The van der Waals surface area contributed by atoms with Crippen molar-refractivity contribution < 1.29 is 17.9 Å². The minimum atomic E-state index is -3.44. The first-order valence-corrected chi connectivity index (χ1v) is 9.73. The molecule has 1 rings (SSSR count). The average molecular weight is 356 g/mol. The molecule has 24 heavy (non-hydrogen) atoms. The van der Waals surface area contributed by atoms with Gasteiger partial charge in [0.15, 0.2) is 0 Å². The number of hydrogen-bond acceptors (Lipinski definition) is 4. The Morgan fingerprint density at radius 2 is 1.79 bits per heavy atom. The predicted molar refractivity (Wildman–Crippen MR) is 96.7 cm³/mol. The fourth-order valence-electron chi connectivity index (χ4n) is 2.16. The number of rotatable bonds is 8. The van der Waals surface area contributed by atoms with Crippen LogP contribution in [-0.2, 0) is 25.0 Å². The molecule has 1 aromatic rings. The maximum absolute atomic E-state index is 12.1. The quantitative estimate of drug-likeness (QED) is 0.725. The van der Waals surface area contributed by atoms with Crippen LogP contribution < -0.4 is 5.32 Å². The molecule has 0 unspecified atom stereocenters. The van der Waals surface area contributed by atoms with E-state index in [1.807, 2.05) is 24.3 Å². The second-order valence-corrected chi connectivity index (χ2v) is 8.80. The van der Waals surface area contributed by atoms with E-state index < -0.39 is 10.0 Å². The molecule has 0 aliphatic carbocycles.